The van der Waals surface area contributed by atoms with Crippen LogP contribution in [0.4, 0.5) is 0 Å². The number of carbonyl (C=O) groups is 1. The first-order valence-electron chi connectivity index (χ1n) is 8.40. The number of hydrogen-bond acceptors (Lipinski definition) is 3. The van der Waals surface area contributed by atoms with E-state index in [-0.39, 0.29) is 5.78 Å². The minimum atomic E-state index is 0.211. The Balaban J connectivity index is 1.70. The van der Waals surface area contributed by atoms with Crippen LogP contribution in [0.5, 0.6) is 0 Å². The molecule has 22 heavy (non-hydrogen) atoms. The highest BCUT2D eigenvalue weighted by Crippen LogP contribution is 2.18. The molecule has 1 fully saturated rings. The standard InChI is InChI=1S/C18H25N3O/c1-3-4-18-19-15-6-5-14(11-16(15)20-18)17(22)12-21-9-7-13(2)8-10-21/h5-6,11,13H,3-4,7-10,12H2,1-2H3,(H,19,20). The maximum atomic E-state index is 12.5. The second kappa shape index (κ2) is 6.61. The molecule has 1 aliphatic rings. The number of H-pyrrole nitrogens is 1. The van der Waals surface area contributed by atoms with Gasteiger partial charge in [-0.25, -0.2) is 4.98 Å². The van der Waals surface area contributed by atoms with Crippen molar-refractivity contribution in [1.82, 2.24) is 14.9 Å². The highest BCUT2D eigenvalue weighted by molar-refractivity contribution is 6.00. The van der Waals surface area contributed by atoms with Crippen molar-refractivity contribution >= 4 is 16.8 Å². The summed E-state index contributed by atoms with van der Waals surface area (Å²) >= 11 is 0. The van der Waals surface area contributed by atoms with Gasteiger partial charge < -0.3 is 4.98 Å². The summed E-state index contributed by atoms with van der Waals surface area (Å²) in [6, 6.07) is 5.82. The molecule has 1 aliphatic heterocycles. The largest absolute Gasteiger partial charge is 0.342 e. The predicted molar refractivity (Wildman–Crippen MR) is 89.3 cm³/mol. The van der Waals surface area contributed by atoms with Gasteiger partial charge in [0.25, 0.3) is 0 Å². The van der Waals surface area contributed by atoms with Crippen LogP contribution in [0.3, 0.4) is 0 Å². The van der Waals surface area contributed by atoms with Crippen molar-refractivity contribution in [2.75, 3.05) is 19.6 Å². The molecule has 4 nitrogen and oxygen atoms in total. The average molecular weight is 299 g/mol. The smallest absolute Gasteiger partial charge is 0.176 e. The SMILES string of the molecule is CCCc1nc2ccc(C(=O)CN3CCC(C)CC3)cc2[nH]1. The number of piperidine rings is 1. The van der Waals surface area contributed by atoms with Gasteiger partial charge in [-0.05, 0) is 56.5 Å². The Hall–Kier alpha value is -1.68. The summed E-state index contributed by atoms with van der Waals surface area (Å²) in [5, 5.41) is 0. The van der Waals surface area contributed by atoms with Crippen molar-refractivity contribution in [2.45, 2.75) is 39.5 Å². The summed E-state index contributed by atoms with van der Waals surface area (Å²) in [6.45, 7) is 7.05. The minimum Gasteiger partial charge on any atom is -0.342 e. The lowest BCUT2D eigenvalue weighted by Gasteiger charge is -2.29. The number of aromatic nitrogens is 2. The van der Waals surface area contributed by atoms with Crippen molar-refractivity contribution in [3.05, 3.63) is 29.6 Å². The molecule has 118 valence electrons. The van der Waals surface area contributed by atoms with Crippen LogP contribution in [-0.4, -0.2) is 40.3 Å². The molecule has 0 radical (unpaired) electrons. The first-order chi connectivity index (χ1) is 10.7. The molecule has 0 aliphatic carbocycles. The number of aromatic amines is 1. The molecule has 0 amide bonds. The average Bonchev–Trinajstić information content (AvgIpc) is 2.91. The third-order valence-electron chi connectivity index (χ3n) is 4.58. The van der Waals surface area contributed by atoms with Crippen molar-refractivity contribution in [3.63, 3.8) is 0 Å². The molecule has 1 saturated heterocycles. The van der Waals surface area contributed by atoms with Crippen molar-refractivity contribution < 1.29 is 4.79 Å². The molecule has 0 spiro atoms. The third-order valence-corrected chi connectivity index (χ3v) is 4.58. The first kappa shape index (κ1) is 15.2. The Morgan fingerprint density at radius 3 is 2.86 bits per heavy atom. The maximum Gasteiger partial charge on any atom is 0.176 e. The summed E-state index contributed by atoms with van der Waals surface area (Å²) in [5.74, 6) is 2.01. The van der Waals surface area contributed by atoms with E-state index in [1.165, 1.54) is 12.8 Å². The van der Waals surface area contributed by atoms with Gasteiger partial charge in [0.1, 0.15) is 5.82 Å². The number of aryl methyl sites for hydroxylation is 1. The zero-order chi connectivity index (χ0) is 15.5. The fourth-order valence-electron chi connectivity index (χ4n) is 3.11. The predicted octanol–water partition coefficient (Wildman–Crippen LogP) is 3.43. The summed E-state index contributed by atoms with van der Waals surface area (Å²) in [5.41, 5.74) is 2.71. The van der Waals surface area contributed by atoms with E-state index >= 15 is 0 Å². The van der Waals surface area contributed by atoms with Gasteiger partial charge in [-0.3, -0.25) is 9.69 Å². The van der Waals surface area contributed by atoms with Gasteiger partial charge in [0, 0.05) is 12.0 Å². The molecule has 1 N–H and O–H groups in total. The molecule has 4 heteroatoms. The monoisotopic (exact) mass is 299 g/mol. The fraction of sp³-hybridized carbons (Fsp3) is 0.556. The number of imidazole rings is 1. The van der Waals surface area contributed by atoms with E-state index in [1.807, 2.05) is 18.2 Å². The lowest BCUT2D eigenvalue weighted by Crippen LogP contribution is -2.36. The number of rotatable bonds is 5. The van der Waals surface area contributed by atoms with Crippen LogP contribution < -0.4 is 0 Å². The van der Waals surface area contributed by atoms with Gasteiger partial charge in [-0.2, -0.15) is 0 Å². The number of Topliss-reactive ketones (excluding diaryl/α,β-unsaturated/α-hetero) is 1. The van der Waals surface area contributed by atoms with Gasteiger partial charge in [0.2, 0.25) is 0 Å². The normalized spacial score (nSPS) is 17.2. The van der Waals surface area contributed by atoms with E-state index in [0.717, 1.165) is 54.3 Å². The van der Waals surface area contributed by atoms with Crippen molar-refractivity contribution in [2.24, 2.45) is 5.92 Å². The highest BCUT2D eigenvalue weighted by atomic mass is 16.1. The molecule has 0 unspecified atom stereocenters. The van der Waals surface area contributed by atoms with Crippen LogP contribution in [-0.2, 0) is 6.42 Å². The number of fused-ring (bicyclic) bond motifs is 1. The van der Waals surface area contributed by atoms with Crippen molar-refractivity contribution in [1.29, 1.82) is 0 Å². The Kier molecular flexibility index (Phi) is 4.57. The molecule has 1 aromatic heterocycles. The number of likely N-dealkylation sites (tertiary alicyclic amines) is 1. The fourth-order valence-corrected chi connectivity index (χ4v) is 3.11. The van der Waals surface area contributed by atoms with Crippen LogP contribution in [0, 0.1) is 5.92 Å². The van der Waals surface area contributed by atoms with Crippen LogP contribution in [0.15, 0.2) is 18.2 Å². The van der Waals surface area contributed by atoms with Crippen molar-refractivity contribution in [3.8, 4) is 0 Å². The van der Waals surface area contributed by atoms with Crippen LogP contribution in [0.2, 0.25) is 0 Å². The zero-order valence-electron chi connectivity index (χ0n) is 13.6. The molecular weight excluding hydrogens is 274 g/mol. The number of nitrogens with one attached hydrogen (secondary N) is 1. The lowest BCUT2D eigenvalue weighted by molar-refractivity contribution is 0.0900. The quantitative estimate of drug-likeness (QED) is 0.861. The Morgan fingerprint density at radius 2 is 2.14 bits per heavy atom. The number of hydrogen-bond donors (Lipinski definition) is 1. The molecule has 1 aromatic carbocycles. The minimum absolute atomic E-state index is 0.211. The van der Waals surface area contributed by atoms with Crippen LogP contribution >= 0.6 is 0 Å². The van der Waals surface area contributed by atoms with Crippen LogP contribution in [0.25, 0.3) is 11.0 Å². The molecule has 0 saturated carbocycles. The summed E-state index contributed by atoms with van der Waals surface area (Å²) < 4.78 is 0. The van der Waals surface area contributed by atoms with E-state index in [9.17, 15) is 4.79 Å². The molecule has 0 bridgehead atoms. The van der Waals surface area contributed by atoms with Gasteiger partial charge in [0.05, 0.1) is 17.6 Å². The first-order valence-corrected chi connectivity index (χ1v) is 8.40. The summed E-state index contributed by atoms with van der Waals surface area (Å²) in [4.78, 5) is 22.6. The maximum absolute atomic E-state index is 12.5. The van der Waals surface area contributed by atoms with E-state index < -0.39 is 0 Å². The van der Waals surface area contributed by atoms with E-state index in [2.05, 4.69) is 28.7 Å². The number of benzene rings is 1. The van der Waals surface area contributed by atoms with Crippen LogP contribution in [0.1, 0.15) is 49.3 Å². The third kappa shape index (κ3) is 3.38. The summed E-state index contributed by atoms with van der Waals surface area (Å²) in [6.07, 6.45) is 4.42. The number of carbonyl (C=O) groups excluding carboxylic acids is 1. The van der Waals surface area contributed by atoms with Gasteiger partial charge in [0.15, 0.2) is 5.78 Å². The second-order valence-electron chi connectivity index (χ2n) is 6.55. The Morgan fingerprint density at radius 1 is 1.36 bits per heavy atom. The van der Waals surface area contributed by atoms with Gasteiger partial charge in [-0.1, -0.05) is 13.8 Å². The van der Waals surface area contributed by atoms with Gasteiger partial charge in [-0.15, -0.1) is 0 Å². The Bertz CT molecular complexity index is 653. The topological polar surface area (TPSA) is 49.0 Å². The lowest BCUT2D eigenvalue weighted by atomic mass is 9.98. The summed E-state index contributed by atoms with van der Waals surface area (Å²) in [7, 11) is 0. The van der Waals surface area contributed by atoms with E-state index in [0.29, 0.717) is 6.54 Å². The van der Waals surface area contributed by atoms with E-state index in [1.54, 1.807) is 0 Å². The second-order valence-corrected chi connectivity index (χ2v) is 6.55. The highest BCUT2D eigenvalue weighted by Gasteiger charge is 2.19. The van der Waals surface area contributed by atoms with Gasteiger partial charge >= 0.3 is 0 Å². The molecule has 2 aromatic rings. The zero-order valence-corrected chi connectivity index (χ0v) is 13.6. The number of nitrogens with zero attached hydrogens (tertiary/aromatic N) is 2. The van der Waals surface area contributed by atoms with E-state index in [4.69, 9.17) is 0 Å². The Labute approximate surface area is 131 Å². The molecular formula is C18H25N3O. The molecule has 2 heterocycles. The molecule has 0 atom stereocenters. The number of ketones is 1. The molecule has 3 rings (SSSR count).